The van der Waals surface area contributed by atoms with Crippen LogP contribution in [0.25, 0.3) is 0 Å². The molecule has 0 aliphatic heterocycles. The van der Waals surface area contributed by atoms with E-state index in [1.54, 1.807) is 11.3 Å². The van der Waals surface area contributed by atoms with Gasteiger partial charge in [0.25, 0.3) is 0 Å². The third-order valence-corrected chi connectivity index (χ3v) is 2.93. The van der Waals surface area contributed by atoms with Gasteiger partial charge in [-0.05, 0) is 24.4 Å². The standard InChI is InChI=1S/C10H14N2S/c1-2-12(8-6-11)7-5-10-4-3-9-13-10/h3-4,9H,2,5,7-8H2,1H3. The lowest BCUT2D eigenvalue weighted by molar-refractivity contribution is 0.327. The van der Waals surface area contributed by atoms with E-state index in [9.17, 15) is 0 Å². The summed E-state index contributed by atoms with van der Waals surface area (Å²) in [6, 6.07) is 6.39. The highest BCUT2D eigenvalue weighted by Gasteiger charge is 2.01. The first-order chi connectivity index (χ1) is 6.36. The van der Waals surface area contributed by atoms with E-state index in [0.29, 0.717) is 6.54 Å². The van der Waals surface area contributed by atoms with Crippen molar-refractivity contribution in [2.24, 2.45) is 0 Å². The minimum absolute atomic E-state index is 0.544. The van der Waals surface area contributed by atoms with Crippen molar-refractivity contribution in [2.45, 2.75) is 13.3 Å². The number of hydrogen-bond acceptors (Lipinski definition) is 3. The lowest BCUT2D eigenvalue weighted by Gasteiger charge is -2.15. The van der Waals surface area contributed by atoms with Crippen molar-refractivity contribution in [1.82, 2.24) is 4.90 Å². The fourth-order valence-electron chi connectivity index (χ4n) is 1.17. The van der Waals surface area contributed by atoms with E-state index >= 15 is 0 Å². The SMILES string of the molecule is CCN(CC#N)CCc1cccs1. The molecule has 0 atom stereocenters. The second kappa shape index (κ2) is 5.74. The van der Waals surface area contributed by atoms with E-state index in [-0.39, 0.29) is 0 Å². The summed E-state index contributed by atoms with van der Waals surface area (Å²) in [5, 5.41) is 10.6. The second-order valence-corrected chi connectivity index (χ2v) is 3.89. The number of nitriles is 1. The Labute approximate surface area is 83.4 Å². The van der Waals surface area contributed by atoms with Crippen LogP contribution in [-0.2, 0) is 6.42 Å². The minimum atomic E-state index is 0.544. The van der Waals surface area contributed by atoms with Crippen LogP contribution in [0, 0.1) is 11.3 Å². The van der Waals surface area contributed by atoms with Crippen LogP contribution in [0.2, 0.25) is 0 Å². The summed E-state index contributed by atoms with van der Waals surface area (Å²) < 4.78 is 0. The first-order valence-corrected chi connectivity index (χ1v) is 5.36. The quantitative estimate of drug-likeness (QED) is 0.671. The van der Waals surface area contributed by atoms with Gasteiger partial charge in [0.15, 0.2) is 0 Å². The average Bonchev–Trinajstić information content (AvgIpc) is 2.64. The summed E-state index contributed by atoms with van der Waals surface area (Å²) in [6.45, 7) is 4.58. The van der Waals surface area contributed by atoms with Crippen LogP contribution in [0.4, 0.5) is 0 Å². The summed E-state index contributed by atoms with van der Waals surface area (Å²) in [5.74, 6) is 0. The Balaban J connectivity index is 2.28. The molecule has 13 heavy (non-hydrogen) atoms. The largest absolute Gasteiger partial charge is 0.291 e. The third kappa shape index (κ3) is 3.58. The van der Waals surface area contributed by atoms with E-state index in [4.69, 9.17) is 5.26 Å². The van der Waals surface area contributed by atoms with Crippen LogP contribution in [0.3, 0.4) is 0 Å². The number of nitrogens with zero attached hydrogens (tertiary/aromatic N) is 2. The molecule has 0 radical (unpaired) electrons. The summed E-state index contributed by atoms with van der Waals surface area (Å²) >= 11 is 1.78. The fraction of sp³-hybridized carbons (Fsp3) is 0.500. The van der Waals surface area contributed by atoms with Crippen LogP contribution >= 0.6 is 11.3 Å². The van der Waals surface area contributed by atoms with Crippen LogP contribution < -0.4 is 0 Å². The summed E-state index contributed by atoms with van der Waals surface area (Å²) in [7, 11) is 0. The molecule has 1 rings (SSSR count). The molecule has 1 aromatic heterocycles. The number of likely N-dealkylation sites (N-methyl/N-ethyl adjacent to an activating group) is 1. The number of hydrogen-bond donors (Lipinski definition) is 0. The summed E-state index contributed by atoms with van der Waals surface area (Å²) in [5.41, 5.74) is 0. The highest BCUT2D eigenvalue weighted by atomic mass is 32.1. The Hall–Kier alpha value is -0.850. The molecule has 1 aromatic rings. The average molecular weight is 194 g/mol. The first kappa shape index (κ1) is 10.2. The van der Waals surface area contributed by atoms with E-state index in [1.165, 1.54) is 4.88 Å². The van der Waals surface area contributed by atoms with Crippen LogP contribution in [0.15, 0.2) is 17.5 Å². The molecule has 0 aliphatic rings. The Morgan fingerprint density at radius 3 is 3.00 bits per heavy atom. The van der Waals surface area contributed by atoms with Gasteiger partial charge in [0.1, 0.15) is 0 Å². The Morgan fingerprint density at radius 2 is 2.46 bits per heavy atom. The second-order valence-electron chi connectivity index (χ2n) is 2.86. The first-order valence-electron chi connectivity index (χ1n) is 4.48. The normalized spacial score (nSPS) is 10.2. The zero-order valence-corrected chi connectivity index (χ0v) is 8.68. The smallest absolute Gasteiger partial charge is 0.0866 e. The molecule has 0 N–H and O–H groups in total. The molecular formula is C10H14N2S. The molecule has 0 aliphatic carbocycles. The van der Waals surface area contributed by atoms with Crippen molar-refractivity contribution in [3.63, 3.8) is 0 Å². The van der Waals surface area contributed by atoms with Gasteiger partial charge >= 0.3 is 0 Å². The van der Waals surface area contributed by atoms with E-state index < -0.39 is 0 Å². The predicted octanol–water partition coefficient (Wildman–Crippen LogP) is 2.14. The Kier molecular flexibility index (Phi) is 4.52. The van der Waals surface area contributed by atoms with Crippen LogP contribution in [-0.4, -0.2) is 24.5 Å². The summed E-state index contributed by atoms with van der Waals surface area (Å²) in [4.78, 5) is 3.55. The molecule has 0 aromatic carbocycles. The van der Waals surface area contributed by atoms with Crippen molar-refractivity contribution in [1.29, 1.82) is 5.26 Å². The molecular weight excluding hydrogens is 180 g/mol. The molecule has 0 saturated carbocycles. The molecule has 1 heterocycles. The maximum atomic E-state index is 8.54. The molecule has 2 nitrogen and oxygen atoms in total. The molecule has 3 heteroatoms. The van der Waals surface area contributed by atoms with Crippen LogP contribution in [0.5, 0.6) is 0 Å². The molecule has 70 valence electrons. The zero-order valence-electron chi connectivity index (χ0n) is 7.86. The van der Waals surface area contributed by atoms with Crippen molar-refractivity contribution >= 4 is 11.3 Å². The molecule has 0 saturated heterocycles. The van der Waals surface area contributed by atoms with Crippen molar-refractivity contribution in [3.8, 4) is 6.07 Å². The summed E-state index contributed by atoms with van der Waals surface area (Å²) in [6.07, 6.45) is 1.06. The van der Waals surface area contributed by atoms with Crippen molar-refractivity contribution < 1.29 is 0 Å². The van der Waals surface area contributed by atoms with Gasteiger partial charge in [-0.3, -0.25) is 4.90 Å². The van der Waals surface area contributed by atoms with Gasteiger partial charge in [0, 0.05) is 11.4 Å². The molecule has 0 spiro atoms. The molecule has 0 bridgehead atoms. The van der Waals surface area contributed by atoms with E-state index in [0.717, 1.165) is 19.5 Å². The topological polar surface area (TPSA) is 27.0 Å². The van der Waals surface area contributed by atoms with Crippen molar-refractivity contribution in [3.05, 3.63) is 22.4 Å². The minimum Gasteiger partial charge on any atom is -0.291 e. The Bertz CT molecular complexity index is 261. The van der Waals surface area contributed by atoms with Gasteiger partial charge in [-0.2, -0.15) is 5.26 Å². The van der Waals surface area contributed by atoms with Gasteiger partial charge in [-0.25, -0.2) is 0 Å². The number of rotatable bonds is 5. The van der Waals surface area contributed by atoms with Gasteiger partial charge < -0.3 is 0 Å². The predicted molar refractivity (Wildman–Crippen MR) is 55.8 cm³/mol. The fourth-order valence-corrected chi connectivity index (χ4v) is 1.87. The number of thiophene rings is 1. The third-order valence-electron chi connectivity index (χ3n) is 2.00. The van der Waals surface area contributed by atoms with E-state index in [1.807, 2.05) is 0 Å². The maximum Gasteiger partial charge on any atom is 0.0866 e. The highest BCUT2D eigenvalue weighted by molar-refractivity contribution is 7.09. The molecule has 0 amide bonds. The Morgan fingerprint density at radius 1 is 1.62 bits per heavy atom. The maximum absolute atomic E-state index is 8.54. The molecule has 0 fully saturated rings. The van der Waals surface area contributed by atoms with Gasteiger partial charge in [0.2, 0.25) is 0 Å². The zero-order chi connectivity index (χ0) is 9.52. The van der Waals surface area contributed by atoms with Crippen molar-refractivity contribution in [2.75, 3.05) is 19.6 Å². The van der Waals surface area contributed by atoms with E-state index in [2.05, 4.69) is 35.4 Å². The molecule has 0 unspecified atom stereocenters. The van der Waals surface area contributed by atoms with Gasteiger partial charge in [-0.15, -0.1) is 11.3 Å². The monoisotopic (exact) mass is 194 g/mol. The van der Waals surface area contributed by atoms with Gasteiger partial charge in [0.05, 0.1) is 12.6 Å². The lowest BCUT2D eigenvalue weighted by atomic mass is 10.3. The van der Waals surface area contributed by atoms with Crippen LogP contribution in [0.1, 0.15) is 11.8 Å². The van der Waals surface area contributed by atoms with Gasteiger partial charge in [-0.1, -0.05) is 13.0 Å². The highest BCUT2D eigenvalue weighted by Crippen LogP contribution is 2.09. The lowest BCUT2D eigenvalue weighted by Crippen LogP contribution is -2.25.